The molecule has 0 saturated carbocycles. The van der Waals surface area contributed by atoms with E-state index in [0.717, 1.165) is 24.5 Å². The fourth-order valence-electron chi connectivity index (χ4n) is 1.67. The van der Waals surface area contributed by atoms with Gasteiger partial charge in [-0.3, -0.25) is 0 Å². The van der Waals surface area contributed by atoms with Crippen molar-refractivity contribution in [2.45, 2.75) is 19.4 Å². The standard InChI is InChI=1S/C10H15N3/c11-7-9-3-4-10(12-8-9)13-5-1-2-6-13/h3-4,8H,1-2,5-7,11H2. The van der Waals surface area contributed by atoms with Crippen LogP contribution in [0.25, 0.3) is 0 Å². The zero-order valence-corrected chi connectivity index (χ0v) is 7.74. The molecular weight excluding hydrogens is 162 g/mol. The Morgan fingerprint density at radius 1 is 1.31 bits per heavy atom. The number of hydrogen-bond acceptors (Lipinski definition) is 3. The Balaban J connectivity index is 2.12. The summed E-state index contributed by atoms with van der Waals surface area (Å²) in [5, 5.41) is 0. The molecule has 0 aromatic carbocycles. The van der Waals surface area contributed by atoms with Gasteiger partial charge in [-0.05, 0) is 24.5 Å². The molecule has 2 N–H and O–H groups in total. The molecule has 1 aliphatic rings. The Morgan fingerprint density at radius 3 is 2.62 bits per heavy atom. The van der Waals surface area contributed by atoms with Gasteiger partial charge in [0.25, 0.3) is 0 Å². The minimum atomic E-state index is 0.577. The molecule has 1 aliphatic heterocycles. The second-order valence-corrected chi connectivity index (χ2v) is 3.42. The molecule has 0 unspecified atom stereocenters. The van der Waals surface area contributed by atoms with Crippen molar-refractivity contribution in [1.82, 2.24) is 4.98 Å². The van der Waals surface area contributed by atoms with Gasteiger partial charge in [-0.25, -0.2) is 4.98 Å². The molecule has 0 bridgehead atoms. The second kappa shape index (κ2) is 3.75. The van der Waals surface area contributed by atoms with Crippen LogP contribution in [-0.2, 0) is 6.54 Å². The predicted molar refractivity (Wildman–Crippen MR) is 53.6 cm³/mol. The van der Waals surface area contributed by atoms with Crippen LogP contribution >= 0.6 is 0 Å². The highest BCUT2D eigenvalue weighted by molar-refractivity contribution is 5.40. The van der Waals surface area contributed by atoms with E-state index in [0.29, 0.717) is 6.54 Å². The topological polar surface area (TPSA) is 42.1 Å². The van der Waals surface area contributed by atoms with Crippen LogP contribution in [0.1, 0.15) is 18.4 Å². The maximum absolute atomic E-state index is 5.50. The van der Waals surface area contributed by atoms with Crippen LogP contribution in [0, 0.1) is 0 Å². The first kappa shape index (κ1) is 8.51. The third kappa shape index (κ3) is 1.80. The molecule has 0 atom stereocenters. The van der Waals surface area contributed by atoms with Gasteiger partial charge < -0.3 is 10.6 Å². The van der Waals surface area contributed by atoms with Crippen molar-refractivity contribution in [1.29, 1.82) is 0 Å². The SMILES string of the molecule is NCc1ccc(N2CCCC2)nc1. The fraction of sp³-hybridized carbons (Fsp3) is 0.500. The van der Waals surface area contributed by atoms with E-state index in [1.165, 1.54) is 12.8 Å². The highest BCUT2D eigenvalue weighted by atomic mass is 15.2. The number of pyridine rings is 1. The van der Waals surface area contributed by atoms with Gasteiger partial charge in [-0.15, -0.1) is 0 Å². The summed E-state index contributed by atoms with van der Waals surface area (Å²) in [5.74, 6) is 1.09. The van der Waals surface area contributed by atoms with E-state index in [2.05, 4.69) is 22.0 Å². The van der Waals surface area contributed by atoms with Crippen molar-refractivity contribution in [2.75, 3.05) is 18.0 Å². The molecule has 2 rings (SSSR count). The van der Waals surface area contributed by atoms with Gasteiger partial charge in [0.05, 0.1) is 0 Å². The van der Waals surface area contributed by atoms with Crippen LogP contribution in [0.3, 0.4) is 0 Å². The van der Waals surface area contributed by atoms with Gasteiger partial charge >= 0.3 is 0 Å². The molecule has 1 fully saturated rings. The highest BCUT2D eigenvalue weighted by Gasteiger charge is 2.12. The van der Waals surface area contributed by atoms with E-state index in [4.69, 9.17) is 5.73 Å². The highest BCUT2D eigenvalue weighted by Crippen LogP contribution is 2.17. The summed E-state index contributed by atoms with van der Waals surface area (Å²) in [4.78, 5) is 6.70. The minimum absolute atomic E-state index is 0.577. The minimum Gasteiger partial charge on any atom is -0.357 e. The summed E-state index contributed by atoms with van der Waals surface area (Å²) in [6.07, 6.45) is 4.45. The van der Waals surface area contributed by atoms with Crippen LogP contribution in [0.2, 0.25) is 0 Å². The quantitative estimate of drug-likeness (QED) is 0.736. The lowest BCUT2D eigenvalue weighted by molar-refractivity contribution is 0.929. The zero-order valence-electron chi connectivity index (χ0n) is 7.74. The van der Waals surface area contributed by atoms with Crippen LogP contribution in [-0.4, -0.2) is 18.1 Å². The number of anilines is 1. The largest absolute Gasteiger partial charge is 0.357 e. The van der Waals surface area contributed by atoms with E-state index in [1.807, 2.05) is 6.20 Å². The first-order valence-corrected chi connectivity index (χ1v) is 4.80. The molecule has 1 saturated heterocycles. The molecule has 3 heteroatoms. The number of aromatic nitrogens is 1. The summed E-state index contributed by atoms with van der Waals surface area (Å²) < 4.78 is 0. The molecule has 0 radical (unpaired) electrons. The summed E-state index contributed by atoms with van der Waals surface area (Å²) in [6.45, 7) is 2.87. The van der Waals surface area contributed by atoms with Crippen molar-refractivity contribution in [2.24, 2.45) is 5.73 Å². The molecule has 0 aliphatic carbocycles. The maximum Gasteiger partial charge on any atom is 0.128 e. The lowest BCUT2D eigenvalue weighted by Crippen LogP contribution is -2.18. The van der Waals surface area contributed by atoms with Gasteiger partial charge in [-0.1, -0.05) is 6.07 Å². The third-order valence-electron chi connectivity index (χ3n) is 2.47. The van der Waals surface area contributed by atoms with Gasteiger partial charge in [0.2, 0.25) is 0 Å². The Morgan fingerprint density at radius 2 is 2.08 bits per heavy atom. The first-order valence-electron chi connectivity index (χ1n) is 4.80. The third-order valence-corrected chi connectivity index (χ3v) is 2.47. The van der Waals surface area contributed by atoms with Crippen LogP contribution in [0.5, 0.6) is 0 Å². The molecular formula is C10H15N3. The van der Waals surface area contributed by atoms with Crippen LogP contribution in [0.4, 0.5) is 5.82 Å². The van der Waals surface area contributed by atoms with Gasteiger partial charge in [0, 0.05) is 25.8 Å². The average molecular weight is 177 g/mol. The van der Waals surface area contributed by atoms with Gasteiger partial charge in [-0.2, -0.15) is 0 Å². The van der Waals surface area contributed by atoms with Crippen molar-refractivity contribution < 1.29 is 0 Å². The van der Waals surface area contributed by atoms with E-state index in [1.54, 1.807) is 0 Å². The molecule has 2 heterocycles. The maximum atomic E-state index is 5.50. The second-order valence-electron chi connectivity index (χ2n) is 3.42. The van der Waals surface area contributed by atoms with E-state index in [-0.39, 0.29) is 0 Å². The van der Waals surface area contributed by atoms with Crippen LogP contribution in [0.15, 0.2) is 18.3 Å². The number of nitrogens with two attached hydrogens (primary N) is 1. The zero-order chi connectivity index (χ0) is 9.10. The molecule has 1 aromatic heterocycles. The number of rotatable bonds is 2. The lowest BCUT2D eigenvalue weighted by atomic mass is 10.3. The van der Waals surface area contributed by atoms with Crippen molar-refractivity contribution in [3.8, 4) is 0 Å². The Bertz CT molecular complexity index is 262. The summed E-state index contributed by atoms with van der Waals surface area (Å²) in [6, 6.07) is 4.12. The smallest absolute Gasteiger partial charge is 0.128 e. The Hall–Kier alpha value is -1.09. The summed E-state index contributed by atoms with van der Waals surface area (Å²) in [5.41, 5.74) is 6.60. The predicted octanol–water partition coefficient (Wildman–Crippen LogP) is 1.14. The van der Waals surface area contributed by atoms with E-state index >= 15 is 0 Å². The van der Waals surface area contributed by atoms with Gasteiger partial charge in [0.15, 0.2) is 0 Å². The lowest BCUT2D eigenvalue weighted by Gasteiger charge is -2.15. The summed E-state index contributed by atoms with van der Waals surface area (Å²) >= 11 is 0. The van der Waals surface area contributed by atoms with Crippen molar-refractivity contribution >= 4 is 5.82 Å². The van der Waals surface area contributed by atoms with Crippen molar-refractivity contribution in [3.05, 3.63) is 23.9 Å². The summed E-state index contributed by atoms with van der Waals surface area (Å²) in [7, 11) is 0. The normalized spacial score (nSPS) is 16.5. The monoisotopic (exact) mass is 177 g/mol. The number of hydrogen-bond donors (Lipinski definition) is 1. The van der Waals surface area contributed by atoms with Gasteiger partial charge in [0.1, 0.15) is 5.82 Å². The van der Waals surface area contributed by atoms with E-state index in [9.17, 15) is 0 Å². The Labute approximate surface area is 78.6 Å². The van der Waals surface area contributed by atoms with Crippen molar-refractivity contribution in [3.63, 3.8) is 0 Å². The first-order chi connectivity index (χ1) is 6.40. The Kier molecular flexibility index (Phi) is 2.45. The average Bonchev–Trinajstić information content (AvgIpc) is 2.71. The molecule has 3 nitrogen and oxygen atoms in total. The van der Waals surface area contributed by atoms with Crippen LogP contribution < -0.4 is 10.6 Å². The van der Waals surface area contributed by atoms with E-state index < -0.39 is 0 Å². The molecule has 0 spiro atoms. The fourth-order valence-corrected chi connectivity index (χ4v) is 1.67. The molecule has 1 aromatic rings. The number of nitrogens with zero attached hydrogens (tertiary/aromatic N) is 2. The molecule has 13 heavy (non-hydrogen) atoms. The molecule has 0 amide bonds. The molecule has 70 valence electrons.